The van der Waals surface area contributed by atoms with Gasteiger partial charge in [0.15, 0.2) is 0 Å². The summed E-state index contributed by atoms with van der Waals surface area (Å²) in [4.78, 5) is 21.4. The highest BCUT2D eigenvalue weighted by atomic mass is 16.4. The smallest absolute Gasteiger partial charge is 0.0733 e. The second-order valence-electron chi connectivity index (χ2n) is 3.26. The first-order valence-corrected chi connectivity index (χ1v) is 4.22. The number of aryl methyl sites for hydroxylation is 1. The van der Waals surface area contributed by atoms with Gasteiger partial charge >= 0.3 is 0 Å². The second kappa shape index (κ2) is 2.87. The zero-order valence-corrected chi connectivity index (χ0v) is 7.23. The van der Waals surface area contributed by atoms with Gasteiger partial charge in [0.2, 0.25) is 0 Å². The summed E-state index contributed by atoms with van der Waals surface area (Å²) in [5.41, 5.74) is 0.252. The number of carbonyl (C=O) groups excluding carboxylic acids is 2. The summed E-state index contributed by atoms with van der Waals surface area (Å²) >= 11 is 0. The molecule has 0 spiro atoms. The summed E-state index contributed by atoms with van der Waals surface area (Å²) in [6.07, 6.45) is 1.95. The minimum atomic E-state index is -1.34. The van der Waals surface area contributed by atoms with Crippen molar-refractivity contribution in [3.63, 3.8) is 0 Å². The molecule has 1 atom stereocenters. The lowest BCUT2D eigenvalue weighted by atomic mass is 10.0. The van der Waals surface area contributed by atoms with Crippen LogP contribution in [0.2, 0.25) is 0 Å². The highest BCUT2D eigenvalue weighted by Crippen LogP contribution is 2.30. The molecule has 0 saturated heterocycles. The maximum absolute atomic E-state index is 10.7. The average Bonchev–Trinajstić information content (AvgIpc) is 2.59. The van der Waals surface area contributed by atoms with Gasteiger partial charge in [-0.25, -0.2) is 0 Å². The number of hydrogen-bond donors (Lipinski definition) is 0. The second-order valence-corrected chi connectivity index (χ2v) is 3.26. The molecule has 0 amide bonds. The quantitative estimate of drug-likeness (QED) is 0.548. The van der Waals surface area contributed by atoms with Crippen LogP contribution in [0.15, 0.2) is 12.3 Å². The zero-order chi connectivity index (χ0) is 10.3. The van der Waals surface area contributed by atoms with Crippen molar-refractivity contribution in [2.75, 3.05) is 0 Å². The van der Waals surface area contributed by atoms with E-state index >= 15 is 0 Å². The third kappa shape index (κ3) is 1.09. The molecule has 1 aromatic heterocycles. The zero-order valence-electron chi connectivity index (χ0n) is 7.23. The minimum Gasteiger partial charge on any atom is -0.549 e. The SMILES string of the molecule is O=C([O-])c1ccn2c1C(C(=O)[O-])CC2. The molecule has 5 heteroatoms. The molecule has 0 fully saturated rings. The van der Waals surface area contributed by atoms with Crippen LogP contribution in [0.5, 0.6) is 0 Å². The van der Waals surface area contributed by atoms with Crippen molar-refractivity contribution in [3.8, 4) is 0 Å². The highest BCUT2D eigenvalue weighted by molar-refractivity contribution is 5.90. The van der Waals surface area contributed by atoms with Gasteiger partial charge in [0.25, 0.3) is 0 Å². The Kier molecular flexibility index (Phi) is 1.80. The van der Waals surface area contributed by atoms with Gasteiger partial charge in [0.1, 0.15) is 0 Å². The van der Waals surface area contributed by atoms with E-state index in [1.165, 1.54) is 6.07 Å². The van der Waals surface area contributed by atoms with E-state index in [-0.39, 0.29) is 5.56 Å². The van der Waals surface area contributed by atoms with Crippen LogP contribution >= 0.6 is 0 Å². The summed E-state index contributed by atoms with van der Waals surface area (Å²) in [6, 6.07) is 1.36. The fourth-order valence-electron chi connectivity index (χ4n) is 1.87. The van der Waals surface area contributed by atoms with E-state index in [4.69, 9.17) is 0 Å². The van der Waals surface area contributed by atoms with E-state index < -0.39 is 17.9 Å². The van der Waals surface area contributed by atoms with Gasteiger partial charge in [0.05, 0.1) is 11.9 Å². The number of aromatic carboxylic acids is 1. The molecule has 5 nitrogen and oxygen atoms in total. The predicted molar refractivity (Wildman–Crippen MR) is 41.1 cm³/mol. The van der Waals surface area contributed by atoms with Crippen LogP contribution in [0.3, 0.4) is 0 Å². The van der Waals surface area contributed by atoms with Gasteiger partial charge < -0.3 is 24.4 Å². The Morgan fingerprint density at radius 1 is 1.43 bits per heavy atom. The first kappa shape index (κ1) is 8.80. The summed E-state index contributed by atoms with van der Waals surface area (Å²) in [6.45, 7) is 0.515. The Morgan fingerprint density at radius 3 is 2.71 bits per heavy atom. The Hall–Kier alpha value is -1.78. The number of carboxylic acid groups (broad SMARTS) is 2. The van der Waals surface area contributed by atoms with Crippen molar-refractivity contribution in [1.29, 1.82) is 0 Å². The third-order valence-corrected chi connectivity index (χ3v) is 2.50. The normalized spacial score (nSPS) is 19.3. The minimum absolute atomic E-state index is 0.0447. The molecule has 1 aliphatic heterocycles. The number of aromatic nitrogens is 1. The van der Waals surface area contributed by atoms with E-state index in [2.05, 4.69) is 0 Å². The Morgan fingerprint density at radius 2 is 2.14 bits per heavy atom. The third-order valence-electron chi connectivity index (χ3n) is 2.50. The molecule has 2 rings (SSSR count). The van der Waals surface area contributed by atoms with Crippen LogP contribution in [0.25, 0.3) is 0 Å². The van der Waals surface area contributed by atoms with Gasteiger partial charge in [-0.3, -0.25) is 0 Å². The lowest BCUT2D eigenvalue weighted by Gasteiger charge is -2.13. The number of hydrogen-bond acceptors (Lipinski definition) is 4. The van der Waals surface area contributed by atoms with E-state index in [1.54, 1.807) is 10.8 Å². The molecule has 1 aliphatic rings. The Labute approximate surface area is 79.6 Å². The lowest BCUT2D eigenvalue weighted by Crippen LogP contribution is -2.31. The van der Waals surface area contributed by atoms with E-state index in [0.29, 0.717) is 18.7 Å². The Bertz CT molecular complexity index is 407. The molecule has 1 unspecified atom stereocenters. The van der Waals surface area contributed by atoms with E-state index in [0.717, 1.165) is 0 Å². The number of fused-ring (bicyclic) bond motifs is 1. The number of carbonyl (C=O) groups is 2. The first-order chi connectivity index (χ1) is 6.61. The average molecular weight is 193 g/mol. The molecule has 0 N–H and O–H groups in total. The molecule has 1 aromatic rings. The number of rotatable bonds is 2. The van der Waals surface area contributed by atoms with Crippen molar-refractivity contribution in [3.05, 3.63) is 23.5 Å². The molecular formula is C9H7NO4-2. The van der Waals surface area contributed by atoms with Gasteiger partial charge in [-0.05, 0) is 12.5 Å². The monoisotopic (exact) mass is 193 g/mol. The fourth-order valence-corrected chi connectivity index (χ4v) is 1.87. The number of aliphatic carboxylic acids is 1. The van der Waals surface area contributed by atoms with Gasteiger partial charge in [0, 0.05) is 29.9 Å². The number of nitrogens with zero attached hydrogens (tertiary/aromatic N) is 1. The van der Waals surface area contributed by atoms with Gasteiger partial charge in [-0.1, -0.05) is 0 Å². The largest absolute Gasteiger partial charge is 0.549 e. The molecular weight excluding hydrogens is 186 g/mol. The predicted octanol–water partition coefficient (Wildman–Crippen LogP) is -1.91. The van der Waals surface area contributed by atoms with E-state index in [9.17, 15) is 19.8 Å². The van der Waals surface area contributed by atoms with Crippen LogP contribution in [0, 0.1) is 0 Å². The maximum atomic E-state index is 10.7. The van der Waals surface area contributed by atoms with Crippen molar-refractivity contribution >= 4 is 11.9 Å². The molecule has 0 radical (unpaired) electrons. The van der Waals surface area contributed by atoms with Crippen LogP contribution < -0.4 is 10.2 Å². The van der Waals surface area contributed by atoms with Crippen LogP contribution in [0.1, 0.15) is 28.4 Å². The van der Waals surface area contributed by atoms with Crippen LogP contribution in [0.4, 0.5) is 0 Å². The Balaban J connectivity index is 2.50. The van der Waals surface area contributed by atoms with Crippen LogP contribution in [-0.4, -0.2) is 16.5 Å². The molecule has 0 aromatic carbocycles. The molecule has 14 heavy (non-hydrogen) atoms. The summed E-state index contributed by atoms with van der Waals surface area (Å²) in [7, 11) is 0. The van der Waals surface area contributed by atoms with Crippen molar-refractivity contribution in [1.82, 2.24) is 4.57 Å². The lowest BCUT2D eigenvalue weighted by molar-refractivity contribution is -0.307. The van der Waals surface area contributed by atoms with Crippen molar-refractivity contribution < 1.29 is 19.8 Å². The highest BCUT2D eigenvalue weighted by Gasteiger charge is 2.26. The summed E-state index contributed by atoms with van der Waals surface area (Å²) in [5, 5.41) is 21.4. The van der Waals surface area contributed by atoms with E-state index in [1.807, 2.05) is 0 Å². The summed E-state index contributed by atoms with van der Waals surface area (Å²) < 4.78 is 1.62. The molecule has 0 aliphatic carbocycles. The van der Waals surface area contributed by atoms with Gasteiger partial charge in [-0.15, -0.1) is 0 Å². The molecule has 0 saturated carbocycles. The maximum Gasteiger partial charge on any atom is 0.0733 e. The molecule has 0 bridgehead atoms. The number of carboxylic acids is 2. The van der Waals surface area contributed by atoms with Crippen molar-refractivity contribution in [2.45, 2.75) is 18.9 Å². The molecule has 2 heterocycles. The van der Waals surface area contributed by atoms with Gasteiger partial charge in [-0.2, -0.15) is 0 Å². The first-order valence-electron chi connectivity index (χ1n) is 4.22. The topological polar surface area (TPSA) is 85.2 Å². The van der Waals surface area contributed by atoms with Crippen LogP contribution in [-0.2, 0) is 11.3 Å². The standard InChI is InChI=1S/C9H9NO4/c11-8(12)5-1-3-10-4-2-6(7(5)10)9(13)14/h1,3,6H,2,4H2,(H,11,12)(H,13,14)/p-2. The fraction of sp³-hybridized carbons (Fsp3) is 0.333. The summed E-state index contributed by atoms with van der Waals surface area (Å²) in [5.74, 6) is -3.39. The molecule has 74 valence electrons. The van der Waals surface area contributed by atoms with Crippen molar-refractivity contribution in [2.24, 2.45) is 0 Å².